The van der Waals surface area contributed by atoms with Crippen LogP contribution in [-0.4, -0.2) is 30.5 Å². The van der Waals surface area contributed by atoms with E-state index in [1.165, 1.54) is 28.4 Å². The molecule has 2 aromatic heterocycles. The van der Waals surface area contributed by atoms with Crippen molar-refractivity contribution in [1.82, 2.24) is 9.97 Å². The molecule has 4 rings (SSSR count). The molecule has 6 nitrogen and oxygen atoms in total. The SMILES string of the molecule is Cc1ccc(C)c2sc(N(Cc3ccccn3)C(=O)c3ccccc3S(C)(=O)=O)nc12. The summed E-state index contributed by atoms with van der Waals surface area (Å²) in [5.74, 6) is -0.430. The van der Waals surface area contributed by atoms with E-state index < -0.39 is 15.7 Å². The molecule has 0 spiro atoms. The molecule has 158 valence electrons. The Morgan fingerprint density at radius 2 is 1.71 bits per heavy atom. The van der Waals surface area contributed by atoms with Crippen molar-refractivity contribution < 1.29 is 13.2 Å². The number of benzene rings is 2. The molecule has 2 aromatic carbocycles. The minimum atomic E-state index is -3.59. The molecule has 4 aromatic rings. The zero-order valence-corrected chi connectivity index (χ0v) is 19.0. The lowest BCUT2D eigenvalue weighted by molar-refractivity contribution is 0.0981. The number of carbonyl (C=O) groups excluding carboxylic acids is 1. The molecule has 0 N–H and O–H groups in total. The highest BCUT2D eigenvalue weighted by Crippen LogP contribution is 2.34. The lowest BCUT2D eigenvalue weighted by Gasteiger charge is -2.20. The number of sulfone groups is 1. The number of carbonyl (C=O) groups is 1. The Bertz CT molecular complexity index is 1340. The summed E-state index contributed by atoms with van der Waals surface area (Å²) in [5.41, 5.74) is 3.74. The van der Waals surface area contributed by atoms with Gasteiger partial charge in [-0.2, -0.15) is 0 Å². The van der Waals surface area contributed by atoms with Crippen molar-refractivity contribution in [3.63, 3.8) is 0 Å². The second kappa shape index (κ2) is 8.20. The molecule has 0 atom stereocenters. The van der Waals surface area contributed by atoms with Crippen molar-refractivity contribution in [2.75, 3.05) is 11.2 Å². The number of aromatic nitrogens is 2. The Labute approximate surface area is 185 Å². The molecule has 2 heterocycles. The number of thiazole rings is 1. The normalized spacial score (nSPS) is 11.6. The third kappa shape index (κ3) is 4.22. The first kappa shape index (κ1) is 21.1. The van der Waals surface area contributed by atoms with Gasteiger partial charge in [0.15, 0.2) is 15.0 Å². The fraction of sp³-hybridized carbons (Fsp3) is 0.174. The van der Waals surface area contributed by atoms with Crippen molar-refractivity contribution in [2.45, 2.75) is 25.3 Å². The minimum absolute atomic E-state index is 0.000469. The van der Waals surface area contributed by atoms with Crippen LogP contribution in [0.2, 0.25) is 0 Å². The Hall–Kier alpha value is -3.10. The lowest BCUT2D eigenvalue weighted by atomic mass is 10.1. The lowest BCUT2D eigenvalue weighted by Crippen LogP contribution is -2.31. The zero-order chi connectivity index (χ0) is 22.2. The largest absolute Gasteiger partial charge is 0.278 e. The Balaban J connectivity index is 1.88. The molecule has 1 amide bonds. The molecule has 0 radical (unpaired) electrons. The van der Waals surface area contributed by atoms with E-state index in [1.54, 1.807) is 24.4 Å². The molecule has 0 saturated carbocycles. The van der Waals surface area contributed by atoms with Crippen LogP contribution in [0.15, 0.2) is 65.7 Å². The first-order chi connectivity index (χ1) is 14.8. The molecule has 0 aliphatic carbocycles. The fourth-order valence-corrected chi connectivity index (χ4v) is 5.35. The summed E-state index contributed by atoms with van der Waals surface area (Å²) in [6, 6.07) is 15.8. The number of nitrogens with zero attached hydrogens (tertiary/aromatic N) is 3. The van der Waals surface area contributed by atoms with Gasteiger partial charge in [-0.05, 0) is 49.2 Å². The Morgan fingerprint density at radius 1 is 1.00 bits per heavy atom. The topological polar surface area (TPSA) is 80.2 Å². The number of rotatable bonds is 5. The molecule has 0 bridgehead atoms. The third-order valence-corrected chi connectivity index (χ3v) is 7.34. The van der Waals surface area contributed by atoms with Crippen LogP contribution in [0.5, 0.6) is 0 Å². The standard InChI is InChI=1S/C23H21N3O3S2/c1-15-11-12-16(2)21-20(15)25-23(30-21)26(14-17-8-6-7-13-24-17)22(27)18-9-4-5-10-19(18)31(3,28)29/h4-13H,14H2,1-3H3. The quantitative estimate of drug-likeness (QED) is 0.444. The van der Waals surface area contributed by atoms with Crippen LogP contribution in [-0.2, 0) is 16.4 Å². The second-order valence-corrected chi connectivity index (χ2v) is 10.3. The summed E-state index contributed by atoms with van der Waals surface area (Å²) in [4.78, 5) is 24.3. The van der Waals surface area contributed by atoms with Gasteiger partial charge >= 0.3 is 0 Å². The van der Waals surface area contributed by atoms with Crippen LogP contribution in [0.3, 0.4) is 0 Å². The van der Waals surface area contributed by atoms with Crippen molar-refractivity contribution >= 4 is 42.4 Å². The van der Waals surface area contributed by atoms with Crippen LogP contribution in [0.4, 0.5) is 5.13 Å². The molecule has 0 unspecified atom stereocenters. The van der Waals surface area contributed by atoms with Crippen LogP contribution in [0.25, 0.3) is 10.2 Å². The zero-order valence-electron chi connectivity index (χ0n) is 17.4. The average Bonchev–Trinajstić information content (AvgIpc) is 3.21. The summed E-state index contributed by atoms with van der Waals surface area (Å²) in [7, 11) is -3.59. The average molecular weight is 452 g/mol. The number of hydrogen-bond acceptors (Lipinski definition) is 6. The number of amides is 1. The van der Waals surface area contributed by atoms with E-state index >= 15 is 0 Å². The van der Waals surface area contributed by atoms with Gasteiger partial charge in [-0.3, -0.25) is 14.7 Å². The van der Waals surface area contributed by atoms with Gasteiger partial charge in [-0.1, -0.05) is 41.7 Å². The van der Waals surface area contributed by atoms with Gasteiger partial charge in [-0.15, -0.1) is 0 Å². The van der Waals surface area contributed by atoms with Crippen LogP contribution in [0, 0.1) is 13.8 Å². The summed E-state index contributed by atoms with van der Waals surface area (Å²) in [5, 5.41) is 0.506. The van der Waals surface area contributed by atoms with Crippen molar-refractivity contribution in [3.8, 4) is 0 Å². The maximum Gasteiger partial charge on any atom is 0.261 e. The Morgan fingerprint density at radius 3 is 2.39 bits per heavy atom. The van der Waals surface area contributed by atoms with E-state index in [-0.39, 0.29) is 17.0 Å². The highest BCUT2D eigenvalue weighted by molar-refractivity contribution is 7.90. The van der Waals surface area contributed by atoms with Gasteiger partial charge in [-0.25, -0.2) is 13.4 Å². The maximum atomic E-state index is 13.7. The van der Waals surface area contributed by atoms with E-state index in [0.717, 1.165) is 27.6 Å². The van der Waals surface area contributed by atoms with E-state index in [9.17, 15) is 13.2 Å². The van der Waals surface area contributed by atoms with Crippen LogP contribution >= 0.6 is 11.3 Å². The van der Waals surface area contributed by atoms with E-state index in [1.807, 2.05) is 38.1 Å². The van der Waals surface area contributed by atoms with Gasteiger partial charge in [0.2, 0.25) is 0 Å². The predicted molar refractivity (Wildman–Crippen MR) is 123 cm³/mol. The predicted octanol–water partition coefficient (Wildman–Crippen LogP) is 4.56. The molecular formula is C23H21N3O3S2. The van der Waals surface area contributed by atoms with Gasteiger partial charge in [0, 0.05) is 12.5 Å². The van der Waals surface area contributed by atoms with Crippen LogP contribution < -0.4 is 4.90 Å². The molecule has 0 fully saturated rings. The number of aryl methyl sites for hydroxylation is 2. The van der Waals surface area contributed by atoms with Crippen molar-refractivity contribution in [1.29, 1.82) is 0 Å². The number of anilines is 1. The summed E-state index contributed by atoms with van der Waals surface area (Å²) in [6.07, 6.45) is 2.77. The molecular weight excluding hydrogens is 430 g/mol. The number of fused-ring (bicyclic) bond motifs is 1. The third-order valence-electron chi connectivity index (χ3n) is 4.97. The van der Waals surface area contributed by atoms with Crippen molar-refractivity contribution in [2.24, 2.45) is 0 Å². The molecule has 0 aliphatic rings. The van der Waals surface area contributed by atoms with E-state index in [2.05, 4.69) is 4.98 Å². The first-order valence-electron chi connectivity index (χ1n) is 9.63. The first-order valence-corrected chi connectivity index (χ1v) is 12.3. The molecule has 31 heavy (non-hydrogen) atoms. The molecule has 0 aliphatic heterocycles. The Kier molecular flexibility index (Phi) is 5.60. The summed E-state index contributed by atoms with van der Waals surface area (Å²) in [6.45, 7) is 4.17. The van der Waals surface area contributed by atoms with Gasteiger partial charge < -0.3 is 0 Å². The van der Waals surface area contributed by atoms with Gasteiger partial charge in [0.25, 0.3) is 5.91 Å². The van der Waals surface area contributed by atoms with Crippen LogP contribution in [0.1, 0.15) is 27.2 Å². The second-order valence-electron chi connectivity index (χ2n) is 7.35. The number of pyridine rings is 1. The highest BCUT2D eigenvalue weighted by Gasteiger charge is 2.27. The molecule has 0 saturated heterocycles. The smallest absolute Gasteiger partial charge is 0.261 e. The minimum Gasteiger partial charge on any atom is -0.278 e. The summed E-state index contributed by atoms with van der Waals surface area (Å²) >= 11 is 1.42. The molecule has 8 heteroatoms. The van der Waals surface area contributed by atoms with E-state index in [0.29, 0.717) is 10.8 Å². The van der Waals surface area contributed by atoms with Gasteiger partial charge in [0.05, 0.1) is 32.9 Å². The fourth-order valence-electron chi connectivity index (χ4n) is 3.36. The maximum absolute atomic E-state index is 13.7. The number of hydrogen-bond donors (Lipinski definition) is 0. The van der Waals surface area contributed by atoms with Gasteiger partial charge in [0.1, 0.15) is 0 Å². The highest BCUT2D eigenvalue weighted by atomic mass is 32.2. The van der Waals surface area contributed by atoms with E-state index in [4.69, 9.17) is 4.98 Å². The summed E-state index contributed by atoms with van der Waals surface area (Å²) < 4.78 is 25.6. The van der Waals surface area contributed by atoms with Crippen molar-refractivity contribution in [3.05, 3.63) is 83.2 Å². The monoisotopic (exact) mass is 451 g/mol.